The molecule has 4 heterocycles. The number of aliphatic imine (C=N–C) groups is 1. The number of rotatable bonds is 3. The van der Waals surface area contributed by atoms with E-state index in [0.29, 0.717) is 5.25 Å². The van der Waals surface area contributed by atoms with Crippen molar-refractivity contribution in [3.63, 3.8) is 0 Å². The largest absolute Gasteiger partial charge is 0.341 e. The van der Waals surface area contributed by atoms with Gasteiger partial charge in [-0.05, 0) is 62.2 Å². The van der Waals surface area contributed by atoms with Gasteiger partial charge in [-0.1, -0.05) is 42.4 Å². The summed E-state index contributed by atoms with van der Waals surface area (Å²) in [7, 11) is 0. The van der Waals surface area contributed by atoms with E-state index in [2.05, 4.69) is 72.5 Å². The second kappa shape index (κ2) is 7.47. The summed E-state index contributed by atoms with van der Waals surface area (Å²) in [5.41, 5.74) is 7.15. The molecule has 0 unspecified atom stereocenters. The third-order valence-corrected chi connectivity index (χ3v) is 7.42. The Morgan fingerprint density at radius 2 is 1.93 bits per heavy atom. The highest BCUT2D eigenvalue weighted by molar-refractivity contribution is 8.14. The molecule has 0 radical (unpaired) electrons. The fraction of sp³-hybridized carbons (Fsp3) is 0.333. The number of nitrogens with zero attached hydrogens (tertiary/aromatic N) is 4. The number of aryl methyl sites for hydroxylation is 2. The van der Waals surface area contributed by atoms with Crippen molar-refractivity contribution in [1.29, 1.82) is 0 Å². The highest BCUT2D eigenvalue weighted by atomic mass is 35.5. The van der Waals surface area contributed by atoms with Gasteiger partial charge in [-0.3, -0.25) is 9.98 Å². The van der Waals surface area contributed by atoms with E-state index >= 15 is 0 Å². The highest BCUT2D eigenvalue weighted by Crippen LogP contribution is 2.49. The van der Waals surface area contributed by atoms with Gasteiger partial charge in [-0.2, -0.15) is 0 Å². The lowest BCUT2D eigenvalue weighted by molar-refractivity contribution is 0.320. The summed E-state index contributed by atoms with van der Waals surface area (Å²) in [4.78, 5) is 12.3. The van der Waals surface area contributed by atoms with Crippen LogP contribution in [0.4, 0.5) is 0 Å². The Kier molecular flexibility index (Phi) is 4.91. The first-order chi connectivity index (χ1) is 14.4. The molecular weight excluding hydrogens is 412 g/mol. The summed E-state index contributed by atoms with van der Waals surface area (Å²) in [6.07, 6.45) is 1.87. The van der Waals surface area contributed by atoms with Crippen LogP contribution in [0.1, 0.15) is 47.2 Å². The fourth-order valence-corrected chi connectivity index (χ4v) is 5.99. The Bertz CT molecular complexity index is 1140. The van der Waals surface area contributed by atoms with Gasteiger partial charge in [0, 0.05) is 40.1 Å². The number of hydrogen-bond acceptors (Lipinski definition) is 4. The minimum atomic E-state index is 0.00982. The molecule has 0 amide bonds. The summed E-state index contributed by atoms with van der Waals surface area (Å²) >= 11 is 8.22. The predicted molar refractivity (Wildman–Crippen MR) is 126 cm³/mol. The van der Waals surface area contributed by atoms with Gasteiger partial charge in [0.25, 0.3) is 0 Å². The monoisotopic (exact) mass is 436 g/mol. The van der Waals surface area contributed by atoms with Gasteiger partial charge in [-0.15, -0.1) is 0 Å². The zero-order chi connectivity index (χ0) is 21.0. The van der Waals surface area contributed by atoms with E-state index in [1.807, 2.05) is 30.1 Å². The van der Waals surface area contributed by atoms with Crippen LogP contribution in [0.5, 0.6) is 0 Å². The van der Waals surface area contributed by atoms with E-state index in [1.54, 1.807) is 0 Å². The molecule has 154 valence electrons. The van der Waals surface area contributed by atoms with E-state index in [9.17, 15) is 0 Å². The van der Waals surface area contributed by atoms with Crippen LogP contribution < -0.4 is 0 Å². The minimum Gasteiger partial charge on any atom is -0.341 e. The minimum absolute atomic E-state index is 0.00982. The van der Waals surface area contributed by atoms with E-state index < -0.39 is 0 Å². The molecule has 5 rings (SSSR count). The Balaban J connectivity index is 1.64. The molecule has 0 saturated carbocycles. The van der Waals surface area contributed by atoms with Crippen LogP contribution in [-0.2, 0) is 0 Å². The van der Waals surface area contributed by atoms with Crippen LogP contribution >= 0.6 is 23.4 Å². The van der Waals surface area contributed by atoms with E-state index in [0.717, 1.165) is 28.1 Å². The van der Waals surface area contributed by atoms with Crippen LogP contribution in [0.2, 0.25) is 5.02 Å². The quantitative estimate of drug-likeness (QED) is 0.501. The number of thioether (sulfide) groups is 1. The molecular formula is C24H25ClN4S. The normalized spacial score (nSPS) is 23.0. The van der Waals surface area contributed by atoms with Crippen LogP contribution in [0.15, 0.2) is 53.7 Å². The summed E-state index contributed by atoms with van der Waals surface area (Å²) in [6, 6.07) is 14.7. The fourth-order valence-electron chi connectivity index (χ4n) is 4.74. The molecule has 3 aromatic rings. The Morgan fingerprint density at radius 3 is 2.70 bits per heavy atom. The van der Waals surface area contributed by atoms with E-state index in [4.69, 9.17) is 16.6 Å². The second-order valence-electron chi connectivity index (χ2n) is 8.23. The molecule has 0 N–H and O–H groups in total. The zero-order valence-corrected chi connectivity index (χ0v) is 19.2. The molecule has 0 aliphatic carbocycles. The first kappa shape index (κ1) is 19.7. The van der Waals surface area contributed by atoms with E-state index in [1.165, 1.54) is 22.5 Å². The summed E-state index contributed by atoms with van der Waals surface area (Å²) in [5, 5.41) is 2.45. The molecule has 6 heteroatoms. The average molecular weight is 437 g/mol. The van der Waals surface area contributed by atoms with Gasteiger partial charge >= 0.3 is 0 Å². The van der Waals surface area contributed by atoms with Gasteiger partial charge in [-0.25, -0.2) is 0 Å². The predicted octanol–water partition coefficient (Wildman–Crippen LogP) is 6.04. The lowest BCUT2D eigenvalue weighted by Gasteiger charge is -2.27. The van der Waals surface area contributed by atoms with Crippen molar-refractivity contribution in [3.8, 4) is 5.69 Å². The van der Waals surface area contributed by atoms with Crippen molar-refractivity contribution in [2.75, 3.05) is 6.54 Å². The van der Waals surface area contributed by atoms with Crippen LogP contribution in [0.25, 0.3) is 5.69 Å². The molecule has 1 aromatic carbocycles. The standard InChI is InChI=1S/C24H25ClN4S/c1-14-8-9-18(25)12-21(14)29-15(2)11-19(17(29)4)23-22(20-7-5-6-10-26-20)27-24-28(23)13-16(3)30-24/h5-12,16,22-23H,13H2,1-4H3/t16-,22-,23-/m0/s1. The molecule has 0 spiro atoms. The first-order valence-corrected chi connectivity index (χ1v) is 11.6. The molecule has 0 bridgehead atoms. The number of amidine groups is 1. The molecule has 1 fully saturated rings. The smallest absolute Gasteiger partial charge is 0.160 e. The van der Waals surface area contributed by atoms with Crippen molar-refractivity contribution < 1.29 is 0 Å². The van der Waals surface area contributed by atoms with Crippen LogP contribution in [-0.4, -0.2) is 31.4 Å². The molecule has 3 atom stereocenters. The molecule has 1 saturated heterocycles. The van der Waals surface area contributed by atoms with Gasteiger partial charge < -0.3 is 9.47 Å². The van der Waals surface area contributed by atoms with Gasteiger partial charge in [0.15, 0.2) is 5.17 Å². The molecule has 2 aliphatic rings. The number of aromatic nitrogens is 2. The van der Waals surface area contributed by atoms with Crippen LogP contribution in [0, 0.1) is 20.8 Å². The zero-order valence-electron chi connectivity index (χ0n) is 17.6. The Morgan fingerprint density at radius 1 is 1.10 bits per heavy atom. The van der Waals surface area contributed by atoms with Gasteiger partial charge in [0.1, 0.15) is 6.04 Å². The second-order valence-corrected chi connectivity index (χ2v) is 10.1. The van der Waals surface area contributed by atoms with Crippen molar-refractivity contribution in [2.45, 2.75) is 45.0 Å². The Labute approximate surface area is 187 Å². The number of hydrogen-bond donors (Lipinski definition) is 0. The molecule has 4 nitrogen and oxygen atoms in total. The van der Waals surface area contributed by atoms with Gasteiger partial charge in [0.2, 0.25) is 0 Å². The lowest BCUT2D eigenvalue weighted by Crippen LogP contribution is -2.28. The summed E-state index contributed by atoms with van der Waals surface area (Å²) < 4.78 is 2.33. The average Bonchev–Trinajstić information content (AvgIpc) is 3.34. The maximum atomic E-state index is 6.35. The number of benzene rings is 1. The SMILES string of the molecule is Cc1ccc(Cl)cc1-n1c(C)cc([C@H]2[C@H](c3ccccn3)N=C3S[C@@H](C)CN32)c1C. The number of fused-ring (bicyclic) bond motifs is 1. The van der Waals surface area contributed by atoms with Gasteiger partial charge in [0.05, 0.1) is 11.7 Å². The maximum absolute atomic E-state index is 6.35. The van der Waals surface area contributed by atoms with Crippen LogP contribution in [0.3, 0.4) is 0 Å². The van der Waals surface area contributed by atoms with E-state index in [-0.39, 0.29) is 12.1 Å². The Hall–Kier alpha value is -2.24. The topological polar surface area (TPSA) is 33.4 Å². The molecule has 2 aliphatic heterocycles. The summed E-state index contributed by atoms with van der Waals surface area (Å²) in [5.74, 6) is 0. The van der Waals surface area contributed by atoms with Crippen molar-refractivity contribution >= 4 is 28.5 Å². The third-order valence-electron chi connectivity index (χ3n) is 6.08. The number of pyridine rings is 1. The molecule has 30 heavy (non-hydrogen) atoms. The van der Waals surface area contributed by atoms with Crippen molar-refractivity contribution in [1.82, 2.24) is 14.5 Å². The lowest BCUT2D eigenvalue weighted by atomic mass is 9.96. The third kappa shape index (κ3) is 3.15. The highest BCUT2D eigenvalue weighted by Gasteiger charge is 2.44. The van der Waals surface area contributed by atoms with Crippen molar-refractivity contribution in [3.05, 3.63) is 81.9 Å². The maximum Gasteiger partial charge on any atom is 0.160 e. The van der Waals surface area contributed by atoms with Crippen molar-refractivity contribution in [2.24, 2.45) is 4.99 Å². The number of halogens is 1. The summed E-state index contributed by atoms with van der Waals surface area (Å²) in [6.45, 7) is 9.80. The molecule has 2 aromatic heterocycles. The first-order valence-electron chi connectivity index (χ1n) is 10.3.